The van der Waals surface area contributed by atoms with Gasteiger partial charge >= 0.3 is 5.97 Å². The van der Waals surface area contributed by atoms with Crippen LogP contribution in [-0.4, -0.2) is 42.2 Å². The van der Waals surface area contributed by atoms with Gasteiger partial charge in [0.25, 0.3) is 0 Å². The standard InChI is InChI=1S/C12H15NO5S/c1-17-8-3-6(4-9(18-2)10(8)14)11-13-7(5-19-11)12(15)16/h3-4,7,11,13-14H,5H2,1-2H3,(H,15,16)/t7-,11?/m1/s1. The first-order chi connectivity index (χ1) is 9.06. The molecule has 0 amide bonds. The molecule has 1 aliphatic heterocycles. The molecule has 1 unspecified atom stereocenters. The third kappa shape index (κ3) is 2.71. The molecule has 2 atom stereocenters. The summed E-state index contributed by atoms with van der Waals surface area (Å²) in [6, 6.07) is 2.78. The van der Waals surface area contributed by atoms with Crippen LogP contribution >= 0.6 is 11.8 Å². The molecule has 0 aromatic heterocycles. The van der Waals surface area contributed by atoms with Crippen LogP contribution in [0.25, 0.3) is 0 Å². The molecule has 6 nitrogen and oxygen atoms in total. The average molecular weight is 285 g/mol. The lowest BCUT2D eigenvalue weighted by molar-refractivity contribution is -0.138. The highest BCUT2D eigenvalue weighted by Gasteiger charge is 2.31. The lowest BCUT2D eigenvalue weighted by atomic mass is 10.1. The number of nitrogens with one attached hydrogen (secondary N) is 1. The Morgan fingerprint density at radius 2 is 1.95 bits per heavy atom. The molecule has 0 radical (unpaired) electrons. The monoisotopic (exact) mass is 285 g/mol. The summed E-state index contributed by atoms with van der Waals surface area (Å²) in [7, 11) is 2.90. The first-order valence-electron chi connectivity index (χ1n) is 5.62. The Bertz CT molecular complexity index is 468. The molecule has 0 spiro atoms. The maximum atomic E-state index is 10.9. The highest BCUT2D eigenvalue weighted by Crippen LogP contribution is 2.42. The minimum atomic E-state index is -0.868. The number of aliphatic carboxylic acids is 1. The first-order valence-corrected chi connectivity index (χ1v) is 6.67. The van der Waals surface area contributed by atoms with Gasteiger partial charge < -0.3 is 19.7 Å². The summed E-state index contributed by atoms with van der Waals surface area (Å²) in [5.41, 5.74) is 0.806. The van der Waals surface area contributed by atoms with E-state index in [1.807, 2.05) is 0 Å². The maximum absolute atomic E-state index is 10.9. The molecule has 2 rings (SSSR count). The van der Waals surface area contributed by atoms with Gasteiger partial charge in [-0.25, -0.2) is 0 Å². The van der Waals surface area contributed by atoms with Gasteiger partial charge in [0, 0.05) is 5.75 Å². The molecular formula is C12H15NO5S. The van der Waals surface area contributed by atoms with Crippen LogP contribution in [-0.2, 0) is 4.79 Å². The van der Waals surface area contributed by atoms with Gasteiger partial charge in [0.1, 0.15) is 6.04 Å². The number of carbonyl (C=O) groups is 1. The number of carboxylic acid groups (broad SMARTS) is 1. The number of hydrogen-bond acceptors (Lipinski definition) is 6. The zero-order chi connectivity index (χ0) is 14.0. The van der Waals surface area contributed by atoms with E-state index in [4.69, 9.17) is 14.6 Å². The fourth-order valence-electron chi connectivity index (χ4n) is 1.87. The lowest BCUT2D eigenvalue weighted by Crippen LogP contribution is -2.33. The molecule has 1 fully saturated rings. The van der Waals surface area contributed by atoms with Crippen LogP contribution in [0.15, 0.2) is 12.1 Å². The number of hydrogen-bond donors (Lipinski definition) is 3. The topological polar surface area (TPSA) is 88.0 Å². The van der Waals surface area contributed by atoms with Crippen molar-refractivity contribution < 1.29 is 24.5 Å². The van der Waals surface area contributed by atoms with Gasteiger partial charge in [-0.1, -0.05) is 0 Å². The summed E-state index contributed by atoms with van der Waals surface area (Å²) < 4.78 is 10.2. The smallest absolute Gasteiger partial charge is 0.321 e. The quantitative estimate of drug-likeness (QED) is 0.766. The Morgan fingerprint density at radius 3 is 2.37 bits per heavy atom. The van der Waals surface area contributed by atoms with E-state index >= 15 is 0 Å². The number of ether oxygens (including phenoxy) is 2. The second-order valence-electron chi connectivity index (χ2n) is 4.04. The number of phenols is 1. The number of aromatic hydroxyl groups is 1. The minimum absolute atomic E-state index is 0.0634. The van der Waals surface area contributed by atoms with Crippen molar-refractivity contribution in [2.24, 2.45) is 0 Å². The van der Waals surface area contributed by atoms with Gasteiger partial charge in [0.2, 0.25) is 5.75 Å². The van der Waals surface area contributed by atoms with Crippen LogP contribution < -0.4 is 14.8 Å². The molecule has 1 saturated heterocycles. The summed E-state index contributed by atoms with van der Waals surface area (Å²) in [6.45, 7) is 0. The highest BCUT2D eigenvalue weighted by atomic mass is 32.2. The summed E-state index contributed by atoms with van der Waals surface area (Å²) in [5.74, 6) is 0.163. The zero-order valence-electron chi connectivity index (χ0n) is 10.5. The summed E-state index contributed by atoms with van der Waals surface area (Å²) in [5, 5.41) is 21.6. The predicted octanol–water partition coefficient (Wildman–Crippen LogP) is 1.20. The van der Waals surface area contributed by atoms with Crippen LogP contribution in [0, 0.1) is 0 Å². The van der Waals surface area contributed by atoms with E-state index in [9.17, 15) is 9.90 Å². The third-order valence-electron chi connectivity index (χ3n) is 2.89. The van der Waals surface area contributed by atoms with E-state index in [1.54, 1.807) is 12.1 Å². The normalized spacial score (nSPS) is 22.2. The van der Waals surface area contributed by atoms with Gasteiger partial charge in [0.15, 0.2) is 11.5 Å². The summed E-state index contributed by atoms with van der Waals surface area (Å²) in [4.78, 5) is 10.9. The SMILES string of the molecule is COc1cc(C2N[C@@H](C(=O)O)CS2)cc(OC)c1O. The number of methoxy groups -OCH3 is 2. The number of benzene rings is 1. The van der Waals surface area contributed by atoms with Gasteiger partial charge in [-0.3, -0.25) is 10.1 Å². The van der Waals surface area contributed by atoms with Crippen molar-refractivity contribution in [1.29, 1.82) is 0 Å². The average Bonchev–Trinajstić information content (AvgIpc) is 2.89. The molecule has 0 saturated carbocycles. The Hall–Kier alpha value is -1.60. The number of phenolic OH excluding ortho intramolecular Hbond substituents is 1. The van der Waals surface area contributed by atoms with E-state index in [1.165, 1.54) is 26.0 Å². The predicted molar refractivity (Wildman–Crippen MR) is 71.0 cm³/mol. The molecule has 1 heterocycles. The van der Waals surface area contributed by atoms with Gasteiger partial charge in [-0.15, -0.1) is 11.8 Å². The summed E-state index contributed by atoms with van der Waals surface area (Å²) >= 11 is 1.49. The highest BCUT2D eigenvalue weighted by molar-refractivity contribution is 7.99. The number of rotatable bonds is 4. The van der Waals surface area contributed by atoms with Gasteiger partial charge in [-0.2, -0.15) is 0 Å². The maximum Gasteiger partial charge on any atom is 0.321 e. The zero-order valence-corrected chi connectivity index (χ0v) is 11.4. The van der Waals surface area contributed by atoms with Crippen molar-refractivity contribution in [2.45, 2.75) is 11.4 Å². The first kappa shape index (κ1) is 13.8. The molecule has 1 aliphatic rings. The van der Waals surface area contributed by atoms with Crippen molar-refractivity contribution in [3.63, 3.8) is 0 Å². The van der Waals surface area contributed by atoms with Gasteiger partial charge in [0.05, 0.1) is 19.6 Å². The Morgan fingerprint density at radius 1 is 1.37 bits per heavy atom. The van der Waals surface area contributed by atoms with E-state index < -0.39 is 12.0 Å². The molecule has 0 aliphatic carbocycles. The third-order valence-corrected chi connectivity index (χ3v) is 4.15. The molecule has 104 valence electrons. The summed E-state index contributed by atoms with van der Waals surface area (Å²) in [6.07, 6.45) is 0. The van der Waals surface area contributed by atoms with E-state index in [0.29, 0.717) is 17.3 Å². The van der Waals surface area contributed by atoms with Crippen molar-refractivity contribution in [3.8, 4) is 17.2 Å². The van der Waals surface area contributed by atoms with Crippen LogP contribution in [0.5, 0.6) is 17.2 Å². The second-order valence-corrected chi connectivity index (χ2v) is 5.18. The number of thioether (sulfide) groups is 1. The van der Waals surface area contributed by atoms with Crippen LogP contribution in [0.2, 0.25) is 0 Å². The Balaban J connectivity index is 2.28. The second kappa shape index (κ2) is 5.58. The van der Waals surface area contributed by atoms with Crippen molar-refractivity contribution >= 4 is 17.7 Å². The van der Waals surface area contributed by atoms with Crippen molar-refractivity contribution in [3.05, 3.63) is 17.7 Å². The number of carboxylic acids is 1. The minimum Gasteiger partial charge on any atom is -0.502 e. The van der Waals surface area contributed by atoms with E-state index in [2.05, 4.69) is 5.32 Å². The molecule has 0 bridgehead atoms. The molecule has 7 heteroatoms. The van der Waals surface area contributed by atoms with Crippen molar-refractivity contribution in [1.82, 2.24) is 5.32 Å². The molecule has 19 heavy (non-hydrogen) atoms. The van der Waals surface area contributed by atoms with E-state index in [0.717, 1.165) is 5.56 Å². The molecular weight excluding hydrogens is 270 g/mol. The fraction of sp³-hybridized carbons (Fsp3) is 0.417. The van der Waals surface area contributed by atoms with Crippen molar-refractivity contribution in [2.75, 3.05) is 20.0 Å². The largest absolute Gasteiger partial charge is 0.502 e. The van der Waals surface area contributed by atoms with E-state index in [-0.39, 0.29) is 11.1 Å². The van der Waals surface area contributed by atoms with Crippen LogP contribution in [0.4, 0.5) is 0 Å². The Kier molecular flexibility index (Phi) is 4.06. The van der Waals surface area contributed by atoms with Gasteiger partial charge in [-0.05, 0) is 17.7 Å². The lowest BCUT2D eigenvalue weighted by Gasteiger charge is -2.15. The Labute approximate surface area is 114 Å². The molecule has 1 aromatic carbocycles. The van der Waals surface area contributed by atoms with Crippen LogP contribution in [0.1, 0.15) is 10.9 Å². The molecule has 1 aromatic rings. The molecule has 3 N–H and O–H groups in total. The fourth-order valence-corrected chi connectivity index (χ4v) is 3.08. The van der Waals surface area contributed by atoms with Crippen LogP contribution in [0.3, 0.4) is 0 Å².